The molecule has 1 aromatic heterocycles. The van der Waals surface area contributed by atoms with E-state index in [-0.39, 0.29) is 27.9 Å². The third-order valence-electron chi connectivity index (χ3n) is 4.33. The number of benzene rings is 2. The Kier molecular flexibility index (Phi) is 8.01. The smallest absolute Gasteiger partial charge is 0.292 e. The molecule has 0 aliphatic carbocycles. The van der Waals surface area contributed by atoms with Gasteiger partial charge in [-0.15, -0.1) is 16.8 Å². The van der Waals surface area contributed by atoms with Crippen molar-refractivity contribution in [1.82, 2.24) is 14.8 Å². The molecule has 1 heterocycles. The first-order valence-corrected chi connectivity index (χ1v) is 11.0. The monoisotopic (exact) mass is 491 g/mol. The highest BCUT2D eigenvalue weighted by Gasteiger charge is 2.21. The standard InChI is InChI=1S/C21H19ClFN5O4S/c1-3-10-27-20(13(2)32-18-9-8-14(23)11-15(18)22)25-26-21(27)33-12-19(29)24-16-6-4-5-7-17(16)28(30)31/h3-9,11,13H,1,10,12H2,2H3,(H,24,29). The fraction of sp³-hybridized carbons (Fsp3) is 0.190. The highest BCUT2D eigenvalue weighted by atomic mass is 35.5. The molecule has 1 atom stereocenters. The number of rotatable bonds is 10. The summed E-state index contributed by atoms with van der Waals surface area (Å²) in [6, 6.07) is 9.68. The first-order valence-electron chi connectivity index (χ1n) is 9.62. The molecule has 33 heavy (non-hydrogen) atoms. The summed E-state index contributed by atoms with van der Waals surface area (Å²) in [6.45, 7) is 5.81. The van der Waals surface area contributed by atoms with E-state index < -0.39 is 22.8 Å². The molecule has 1 N–H and O–H groups in total. The van der Waals surface area contributed by atoms with E-state index in [9.17, 15) is 19.3 Å². The van der Waals surface area contributed by atoms with Crippen molar-refractivity contribution in [2.24, 2.45) is 0 Å². The minimum atomic E-state index is -0.587. The number of carbonyl (C=O) groups excluding carboxylic acids is 1. The number of aromatic nitrogens is 3. The zero-order chi connectivity index (χ0) is 24.0. The Morgan fingerprint density at radius 3 is 2.85 bits per heavy atom. The van der Waals surface area contributed by atoms with Gasteiger partial charge in [-0.25, -0.2) is 4.39 Å². The lowest BCUT2D eigenvalue weighted by atomic mass is 10.2. The van der Waals surface area contributed by atoms with E-state index in [0.29, 0.717) is 17.5 Å². The van der Waals surface area contributed by atoms with E-state index in [1.54, 1.807) is 23.6 Å². The fourth-order valence-electron chi connectivity index (χ4n) is 2.88. The molecule has 0 spiro atoms. The molecule has 3 aromatic rings. The third kappa shape index (κ3) is 6.08. The largest absolute Gasteiger partial charge is 0.481 e. The SMILES string of the molecule is C=CCn1c(SCC(=O)Nc2ccccc2[N+](=O)[O-])nnc1C(C)Oc1ccc(F)cc1Cl. The molecule has 0 radical (unpaired) electrons. The van der Waals surface area contributed by atoms with Crippen LogP contribution in [0.5, 0.6) is 5.75 Å². The summed E-state index contributed by atoms with van der Waals surface area (Å²) >= 11 is 7.14. The van der Waals surface area contributed by atoms with Crippen LogP contribution < -0.4 is 10.1 Å². The predicted molar refractivity (Wildman–Crippen MR) is 123 cm³/mol. The van der Waals surface area contributed by atoms with Crippen LogP contribution in [-0.4, -0.2) is 31.3 Å². The molecule has 9 nitrogen and oxygen atoms in total. The van der Waals surface area contributed by atoms with E-state index >= 15 is 0 Å². The van der Waals surface area contributed by atoms with Crippen molar-refractivity contribution in [1.29, 1.82) is 0 Å². The molecular weight excluding hydrogens is 473 g/mol. The van der Waals surface area contributed by atoms with E-state index in [2.05, 4.69) is 22.1 Å². The second-order valence-corrected chi connectivity index (χ2v) is 8.04. The molecule has 0 saturated heterocycles. The maximum Gasteiger partial charge on any atom is 0.292 e. The number of hydrogen-bond acceptors (Lipinski definition) is 7. The Balaban J connectivity index is 1.71. The number of hydrogen-bond donors (Lipinski definition) is 1. The van der Waals surface area contributed by atoms with Crippen molar-refractivity contribution < 1.29 is 18.8 Å². The maximum absolute atomic E-state index is 13.3. The van der Waals surface area contributed by atoms with E-state index in [4.69, 9.17) is 16.3 Å². The number of allylic oxidation sites excluding steroid dienone is 1. The second-order valence-electron chi connectivity index (χ2n) is 6.69. The zero-order valence-corrected chi connectivity index (χ0v) is 19.0. The summed E-state index contributed by atoms with van der Waals surface area (Å²) in [5, 5.41) is 22.5. The number of nitrogens with zero attached hydrogens (tertiary/aromatic N) is 4. The summed E-state index contributed by atoms with van der Waals surface area (Å²) in [5.74, 6) is -0.229. The van der Waals surface area contributed by atoms with Gasteiger partial charge in [0.25, 0.3) is 5.69 Å². The van der Waals surface area contributed by atoms with Crippen molar-refractivity contribution in [2.45, 2.75) is 24.7 Å². The van der Waals surface area contributed by atoms with Crippen LogP contribution in [0.15, 0.2) is 60.3 Å². The molecule has 0 aliphatic heterocycles. The highest BCUT2D eigenvalue weighted by molar-refractivity contribution is 7.99. The van der Waals surface area contributed by atoms with Gasteiger partial charge in [0.1, 0.15) is 17.3 Å². The number of amides is 1. The molecular formula is C21H19ClFN5O4S. The number of halogens is 2. The summed E-state index contributed by atoms with van der Waals surface area (Å²) in [7, 11) is 0. The molecule has 3 rings (SSSR count). The molecule has 2 aromatic carbocycles. The van der Waals surface area contributed by atoms with Gasteiger partial charge in [-0.2, -0.15) is 0 Å². The minimum Gasteiger partial charge on any atom is -0.481 e. The Morgan fingerprint density at radius 1 is 1.39 bits per heavy atom. The Bertz CT molecular complexity index is 1190. The topological polar surface area (TPSA) is 112 Å². The average Bonchev–Trinajstić information content (AvgIpc) is 3.17. The Labute approximate surface area is 197 Å². The maximum atomic E-state index is 13.3. The number of thioether (sulfide) groups is 1. The Hall–Kier alpha value is -3.44. The van der Waals surface area contributed by atoms with Crippen LogP contribution in [0.2, 0.25) is 5.02 Å². The molecule has 172 valence electrons. The molecule has 1 unspecified atom stereocenters. The number of nitrogens with one attached hydrogen (secondary N) is 1. The molecule has 0 bridgehead atoms. The van der Waals surface area contributed by atoms with Crippen molar-refractivity contribution in [3.63, 3.8) is 0 Å². The van der Waals surface area contributed by atoms with Crippen LogP contribution in [0.3, 0.4) is 0 Å². The van der Waals surface area contributed by atoms with Gasteiger partial charge in [0, 0.05) is 12.6 Å². The second kappa shape index (κ2) is 10.9. The van der Waals surface area contributed by atoms with Gasteiger partial charge in [0.2, 0.25) is 5.91 Å². The highest BCUT2D eigenvalue weighted by Crippen LogP contribution is 2.30. The number of nitro benzene ring substituents is 1. The third-order valence-corrected chi connectivity index (χ3v) is 5.59. The van der Waals surface area contributed by atoms with Crippen LogP contribution >= 0.6 is 23.4 Å². The van der Waals surface area contributed by atoms with Crippen molar-refractivity contribution in [3.8, 4) is 5.75 Å². The van der Waals surface area contributed by atoms with Gasteiger partial charge in [-0.05, 0) is 31.2 Å². The molecule has 0 fully saturated rings. The van der Waals surface area contributed by atoms with E-state index in [1.807, 2.05) is 0 Å². The summed E-state index contributed by atoms with van der Waals surface area (Å²) in [4.78, 5) is 22.9. The first-order chi connectivity index (χ1) is 15.8. The van der Waals surface area contributed by atoms with Gasteiger partial charge < -0.3 is 10.1 Å². The van der Waals surface area contributed by atoms with Crippen molar-refractivity contribution in [2.75, 3.05) is 11.1 Å². The molecule has 1 amide bonds. The van der Waals surface area contributed by atoms with Gasteiger partial charge in [-0.3, -0.25) is 19.5 Å². The number of para-hydroxylation sites is 2. The van der Waals surface area contributed by atoms with Gasteiger partial charge in [-0.1, -0.05) is 41.6 Å². The molecule has 12 heteroatoms. The quantitative estimate of drug-likeness (QED) is 0.183. The number of carbonyl (C=O) groups is 1. The number of nitro groups is 1. The van der Waals surface area contributed by atoms with Crippen LogP contribution in [0.4, 0.5) is 15.8 Å². The predicted octanol–water partition coefficient (Wildman–Crippen LogP) is 5.04. The lowest BCUT2D eigenvalue weighted by Gasteiger charge is -2.16. The fourth-order valence-corrected chi connectivity index (χ4v) is 3.84. The van der Waals surface area contributed by atoms with Crippen LogP contribution in [-0.2, 0) is 11.3 Å². The average molecular weight is 492 g/mol. The van der Waals surface area contributed by atoms with Crippen LogP contribution in [0, 0.1) is 15.9 Å². The van der Waals surface area contributed by atoms with Gasteiger partial charge >= 0.3 is 0 Å². The summed E-state index contributed by atoms with van der Waals surface area (Å²) < 4.78 is 20.8. The zero-order valence-electron chi connectivity index (χ0n) is 17.4. The number of ether oxygens (including phenoxy) is 1. The van der Waals surface area contributed by atoms with Crippen molar-refractivity contribution >= 4 is 40.6 Å². The lowest BCUT2D eigenvalue weighted by Crippen LogP contribution is -2.16. The normalized spacial score (nSPS) is 11.6. The van der Waals surface area contributed by atoms with E-state index in [0.717, 1.165) is 17.8 Å². The number of anilines is 1. The lowest BCUT2D eigenvalue weighted by molar-refractivity contribution is -0.383. The first kappa shape index (κ1) is 24.2. The molecule has 0 aliphatic rings. The minimum absolute atomic E-state index is 0.0552. The molecule has 0 saturated carbocycles. The van der Waals surface area contributed by atoms with Gasteiger partial charge in [0.15, 0.2) is 17.1 Å². The van der Waals surface area contributed by atoms with Crippen LogP contribution in [0.25, 0.3) is 0 Å². The van der Waals surface area contributed by atoms with Crippen LogP contribution in [0.1, 0.15) is 18.9 Å². The summed E-state index contributed by atoms with van der Waals surface area (Å²) in [5.41, 5.74) is -0.0852. The van der Waals surface area contributed by atoms with E-state index in [1.165, 1.54) is 30.3 Å². The van der Waals surface area contributed by atoms with Crippen molar-refractivity contribution in [3.05, 3.63) is 81.9 Å². The Morgan fingerprint density at radius 2 is 2.15 bits per heavy atom. The van der Waals surface area contributed by atoms with Gasteiger partial charge in [0.05, 0.1) is 15.7 Å². The summed E-state index contributed by atoms with van der Waals surface area (Å²) in [6.07, 6.45) is 1.05.